The summed E-state index contributed by atoms with van der Waals surface area (Å²) in [4.78, 5) is 7.73. The van der Waals surface area contributed by atoms with Crippen LogP contribution >= 0.6 is 0 Å². The first-order valence-corrected chi connectivity index (χ1v) is 14.7. The monoisotopic (exact) mass is 538 g/mol. The first-order valence-electron chi connectivity index (χ1n) is 13.6. The Labute approximate surface area is 229 Å². The lowest BCUT2D eigenvalue weighted by molar-refractivity contribution is 0.101. The van der Waals surface area contributed by atoms with E-state index in [4.69, 9.17) is 9.72 Å². The second kappa shape index (κ2) is 9.86. The Hall–Kier alpha value is -3.59. The van der Waals surface area contributed by atoms with Crippen molar-refractivity contribution in [2.24, 2.45) is 0 Å². The van der Waals surface area contributed by atoms with Crippen molar-refractivity contribution < 1.29 is 13.5 Å². The van der Waals surface area contributed by atoms with Gasteiger partial charge in [-0.25, -0.2) is 13.7 Å². The quantitative estimate of drug-likeness (QED) is 0.249. The van der Waals surface area contributed by atoms with Crippen LogP contribution < -0.4 is 4.74 Å². The Morgan fingerprint density at radius 3 is 2.38 bits per heavy atom. The van der Waals surface area contributed by atoms with Crippen molar-refractivity contribution >= 4 is 27.5 Å². The van der Waals surface area contributed by atoms with Crippen molar-refractivity contribution in [3.8, 4) is 28.0 Å². The van der Waals surface area contributed by atoms with Crippen molar-refractivity contribution in [1.82, 2.24) is 19.5 Å². The minimum absolute atomic E-state index is 0.0145. The zero-order valence-corrected chi connectivity index (χ0v) is 22.4. The Bertz CT molecular complexity index is 1690. The molecule has 39 heavy (non-hydrogen) atoms. The average molecular weight is 539 g/mol. The summed E-state index contributed by atoms with van der Waals surface area (Å²) in [6.07, 6.45) is 11.9. The van der Waals surface area contributed by atoms with Crippen LogP contribution in [0.5, 0.6) is 5.75 Å². The van der Waals surface area contributed by atoms with Gasteiger partial charge in [0.2, 0.25) is 0 Å². The highest BCUT2D eigenvalue weighted by Gasteiger charge is 2.46. The van der Waals surface area contributed by atoms with E-state index in [1.54, 1.807) is 16.8 Å². The van der Waals surface area contributed by atoms with E-state index in [-0.39, 0.29) is 5.60 Å². The van der Waals surface area contributed by atoms with Crippen molar-refractivity contribution in [1.29, 1.82) is 0 Å². The molecule has 3 heterocycles. The Kier molecular flexibility index (Phi) is 6.18. The van der Waals surface area contributed by atoms with Crippen LogP contribution in [0.2, 0.25) is 0 Å². The van der Waals surface area contributed by atoms with Crippen molar-refractivity contribution in [2.75, 3.05) is 19.6 Å². The van der Waals surface area contributed by atoms with Crippen molar-refractivity contribution in [3.63, 3.8) is 0 Å². The van der Waals surface area contributed by atoms with Gasteiger partial charge in [-0.1, -0.05) is 48.9 Å². The Morgan fingerprint density at radius 1 is 0.872 bits per heavy atom. The minimum atomic E-state index is -2.06. The van der Waals surface area contributed by atoms with Gasteiger partial charge >= 0.3 is 0 Å². The summed E-state index contributed by atoms with van der Waals surface area (Å²) in [6.45, 7) is 3.42. The molecule has 198 valence electrons. The summed E-state index contributed by atoms with van der Waals surface area (Å²) in [5, 5.41) is 6.23. The number of hydrogen-bond donors (Lipinski definition) is 1. The third-order valence-electron chi connectivity index (χ3n) is 8.01. The van der Waals surface area contributed by atoms with Crippen LogP contribution in [0.3, 0.4) is 0 Å². The number of hydrogen-bond acceptors (Lipinski definition) is 5. The van der Waals surface area contributed by atoms with Crippen molar-refractivity contribution in [2.45, 2.75) is 42.6 Å². The molecule has 2 aromatic heterocycles. The van der Waals surface area contributed by atoms with Gasteiger partial charge in [0, 0.05) is 35.5 Å². The zero-order valence-electron chi connectivity index (χ0n) is 21.6. The van der Waals surface area contributed by atoms with E-state index in [9.17, 15) is 8.76 Å². The average Bonchev–Trinajstić information content (AvgIpc) is 3.58. The fraction of sp³-hybridized carbons (Fsp3) is 0.290. The summed E-state index contributed by atoms with van der Waals surface area (Å²) in [6, 6.07) is 19.5. The molecule has 1 saturated carbocycles. The van der Waals surface area contributed by atoms with Gasteiger partial charge in [0.25, 0.3) is 0 Å². The summed E-state index contributed by atoms with van der Waals surface area (Å²) in [5.41, 5.74) is 4.54. The standard InChI is InChI=1S/C31H30N4O3S/c36-39(37)29-13-12-26(25-6-2-3-7-27(25)29)28-19-33-35-20-23(18-32-30(28)35)22-8-10-24(11-9-22)38-31(14-15-31)21-34-16-4-1-5-17-34/h2-3,6-13,18-20H,1,4-5,14-17,21H2,(H,36,37). The maximum atomic E-state index is 11.8. The lowest BCUT2D eigenvalue weighted by Gasteiger charge is -2.30. The Balaban J connectivity index is 1.14. The molecule has 3 aromatic carbocycles. The predicted molar refractivity (Wildman–Crippen MR) is 153 cm³/mol. The molecule has 1 aliphatic heterocycles. The van der Waals surface area contributed by atoms with Crippen LogP contribution in [-0.2, 0) is 11.1 Å². The van der Waals surface area contributed by atoms with Gasteiger partial charge in [0.05, 0.1) is 11.1 Å². The SMILES string of the molecule is O=S(O)c1ccc(-c2cnn3cc(-c4ccc(OC5(CN6CCCCC6)CC5)cc4)cnc23)c2ccccc12. The molecule has 0 spiro atoms. The zero-order chi connectivity index (χ0) is 26.4. The summed E-state index contributed by atoms with van der Waals surface area (Å²) in [5.74, 6) is 0.919. The number of aromatic nitrogens is 3. The maximum absolute atomic E-state index is 11.8. The maximum Gasteiger partial charge on any atom is 0.187 e. The van der Waals surface area contributed by atoms with E-state index in [0.29, 0.717) is 4.90 Å². The second-order valence-corrected chi connectivity index (χ2v) is 11.7. The van der Waals surface area contributed by atoms with Crippen LogP contribution in [0.1, 0.15) is 32.1 Å². The number of benzene rings is 3. The molecule has 0 amide bonds. The highest BCUT2D eigenvalue weighted by molar-refractivity contribution is 7.79. The molecular formula is C31H30N4O3S. The molecule has 1 aliphatic carbocycles. The first kappa shape index (κ1) is 24.5. The molecule has 0 radical (unpaired) electrons. The van der Waals surface area contributed by atoms with E-state index >= 15 is 0 Å². The fourth-order valence-corrected chi connectivity index (χ4v) is 6.35. The highest BCUT2D eigenvalue weighted by atomic mass is 32.2. The lowest BCUT2D eigenvalue weighted by atomic mass is 10.00. The lowest BCUT2D eigenvalue weighted by Crippen LogP contribution is -2.40. The highest BCUT2D eigenvalue weighted by Crippen LogP contribution is 2.42. The molecular weight excluding hydrogens is 508 g/mol. The molecule has 1 N–H and O–H groups in total. The smallest absolute Gasteiger partial charge is 0.187 e. The summed E-state index contributed by atoms with van der Waals surface area (Å²) in [7, 11) is 0. The van der Waals surface area contributed by atoms with Gasteiger partial charge in [0.15, 0.2) is 16.7 Å². The fourth-order valence-electron chi connectivity index (χ4n) is 5.79. The van der Waals surface area contributed by atoms with Crippen LogP contribution in [0.25, 0.3) is 38.7 Å². The molecule has 7 rings (SSSR count). The number of nitrogens with zero attached hydrogens (tertiary/aromatic N) is 4. The molecule has 0 bridgehead atoms. The van der Waals surface area contributed by atoms with Crippen LogP contribution in [0.15, 0.2) is 84.1 Å². The van der Waals surface area contributed by atoms with Gasteiger partial charge in [0.1, 0.15) is 11.4 Å². The molecule has 2 aliphatic rings. The third kappa shape index (κ3) is 4.73. The molecule has 2 fully saturated rings. The number of piperidine rings is 1. The van der Waals surface area contributed by atoms with Crippen LogP contribution in [0.4, 0.5) is 0 Å². The normalized spacial score (nSPS) is 17.9. The van der Waals surface area contributed by atoms with E-state index in [0.717, 1.165) is 63.8 Å². The van der Waals surface area contributed by atoms with E-state index in [2.05, 4.69) is 34.3 Å². The molecule has 1 unspecified atom stereocenters. The van der Waals surface area contributed by atoms with Crippen molar-refractivity contribution in [3.05, 3.63) is 79.3 Å². The molecule has 8 heteroatoms. The molecule has 1 atom stereocenters. The van der Waals surface area contributed by atoms with Gasteiger partial charge in [-0.2, -0.15) is 5.10 Å². The Morgan fingerprint density at radius 2 is 1.64 bits per heavy atom. The predicted octanol–water partition coefficient (Wildman–Crippen LogP) is 6.19. The second-order valence-electron chi connectivity index (χ2n) is 10.7. The molecule has 1 saturated heterocycles. The largest absolute Gasteiger partial charge is 0.486 e. The van der Waals surface area contributed by atoms with Gasteiger partial charge in [-0.3, -0.25) is 4.90 Å². The molecule has 5 aromatic rings. The summed E-state index contributed by atoms with van der Waals surface area (Å²) >= 11 is -2.06. The number of ether oxygens (including phenoxy) is 1. The van der Waals surface area contributed by atoms with Gasteiger partial charge < -0.3 is 9.29 Å². The topological polar surface area (TPSA) is 80.0 Å². The number of fused-ring (bicyclic) bond motifs is 2. The minimum Gasteiger partial charge on any atom is -0.486 e. The summed E-state index contributed by atoms with van der Waals surface area (Å²) < 4.78 is 29.8. The van der Waals surface area contributed by atoms with E-state index < -0.39 is 11.1 Å². The van der Waals surface area contributed by atoms with Gasteiger partial charge in [-0.15, -0.1) is 0 Å². The van der Waals surface area contributed by atoms with Crippen LogP contribution in [0, 0.1) is 0 Å². The molecule has 7 nitrogen and oxygen atoms in total. The number of rotatable bonds is 7. The first-order chi connectivity index (χ1) is 19.1. The van der Waals surface area contributed by atoms with Crippen LogP contribution in [-0.4, -0.2) is 53.5 Å². The van der Waals surface area contributed by atoms with E-state index in [1.807, 2.05) is 42.7 Å². The third-order valence-corrected chi connectivity index (χ3v) is 8.74. The van der Waals surface area contributed by atoms with E-state index in [1.165, 1.54) is 32.4 Å². The van der Waals surface area contributed by atoms with Gasteiger partial charge in [-0.05, 0) is 73.5 Å². The number of likely N-dealkylation sites (tertiary alicyclic amines) is 1.